The summed E-state index contributed by atoms with van der Waals surface area (Å²) in [6.45, 7) is 1.78. The van der Waals surface area contributed by atoms with Gasteiger partial charge in [-0.1, -0.05) is 35.5 Å². The predicted octanol–water partition coefficient (Wildman–Crippen LogP) is 4.84. The van der Waals surface area contributed by atoms with Gasteiger partial charge in [0, 0.05) is 24.2 Å². The van der Waals surface area contributed by atoms with Gasteiger partial charge in [-0.3, -0.25) is 4.79 Å². The van der Waals surface area contributed by atoms with E-state index in [0.717, 1.165) is 31.2 Å². The van der Waals surface area contributed by atoms with Gasteiger partial charge in [-0.15, -0.1) is 0 Å². The molecule has 0 N–H and O–H groups in total. The number of nitrogens with zero attached hydrogens (tertiary/aromatic N) is 3. The Morgan fingerprint density at radius 2 is 1.68 bits per heavy atom. The second-order valence-corrected chi connectivity index (χ2v) is 7.56. The lowest BCUT2D eigenvalue weighted by atomic mass is 9.81. The molecule has 144 valence electrons. The Bertz CT molecular complexity index is 926. The average Bonchev–Trinajstić information content (AvgIpc) is 3.20. The van der Waals surface area contributed by atoms with Crippen molar-refractivity contribution < 1.29 is 9.32 Å². The molecule has 0 unspecified atom stereocenters. The molecule has 2 aromatic carbocycles. The lowest BCUT2D eigenvalue weighted by Crippen LogP contribution is -2.39. The zero-order valence-electron chi connectivity index (χ0n) is 16.3. The highest BCUT2D eigenvalue weighted by Gasteiger charge is 2.27. The minimum atomic E-state index is 0.0661. The van der Waals surface area contributed by atoms with Gasteiger partial charge in [0.15, 0.2) is 5.82 Å². The van der Waals surface area contributed by atoms with Crippen LogP contribution in [0.15, 0.2) is 59.1 Å². The zero-order chi connectivity index (χ0) is 19.5. The van der Waals surface area contributed by atoms with E-state index in [4.69, 9.17) is 4.52 Å². The maximum Gasteiger partial charge on any atom is 0.257 e. The molecule has 1 heterocycles. The zero-order valence-corrected chi connectivity index (χ0v) is 16.3. The van der Waals surface area contributed by atoms with Crippen molar-refractivity contribution in [1.82, 2.24) is 15.0 Å². The Hall–Kier alpha value is -2.95. The number of hydrogen-bond donors (Lipinski definition) is 0. The third kappa shape index (κ3) is 3.84. The monoisotopic (exact) mass is 375 g/mol. The van der Waals surface area contributed by atoms with Crippen LogP contribution >= 0.6 is 0 Å². The summed E-state index contributed by atoms with van der Waals surface area (Å²) in [6, 6.07) is 18.4. The smallest absolute Gasteiger partial charge is 0.257 e. The summed E-state index contributed by atoms with van der Waals surface area (Å²) < 4.78 is 5.18. The Labute approximate surface area is 165 Å². The first-order chi connectivity index (χ1) is 13.6. The molecule has 1 amide bonds. The third-order valence-electron chi connectivity index (χ3n) is 5.74. The van der Waals surface area contributed by atoms with Crippen molar-refractivity contribution >= 4 is 5.91 Å². The van der Waals surface area contributed by atoms with Crippen LogP contribution in [0.25, 0.3) is 11.5 Å². The van der Waals surface area contributed by atoms with E-state index in [1.54, 1.807) is 6.92 Å². The van der Waals surface area contributed by atoms with Crippen molar-refractivity contribution in [3.05, 3.63) is 71.5 Å². The van der Waals surface area contributed by atoms with E-state index in [1.165, 1.54) is 5.56 Å². The maximum absolute atomic E-state index is 12.9. The highest BCUT2D eigenvalue weighted by molar-refractivity contribution is 5.94. The van der Waals surface area contributed by atoms with Gasteiger partial charge in [-0.05, 0) is 68.4 Å². The first kappa shape index (κ1) is 18.4. The standard InChI is InChI=1S/C23H25N3O2/c1-16-24-22(28-25-16)19-8-10-20(11-9-19)23(27)26(2)21-14-12-18(13-15-21)17-6-4-3-5-7-17/h3-11,18,21H,12-15H2,1-2H3. The molecule has 5 heteroatoms. The Morgan fingerprint density at radius 1 is 1.00 bits per heavy atom. The van der Waals surface area contributed by atoms with E-state index in [1.807, 2.05) is 36.2 Å². The highest BCUT2D eigenvalue weighted by Crippen LogP contribution is 2.34. The fourth-order valence-corrected chi connectivity index (χ4v) is 4.06. The molecule has 5 nitrogen and oxygen atoms in total. The summed E-state index contributed by atoms with van der Waals surface area (Å²) in [6.07, 6.45) is 4.34. The van der Waals surface area contributed by atoms with E-state index in [0.29, 0.717) is 29.2 Å². The van der Waals surface area contributed by atoms with Crippen LogP contribution in [0.1, 0.15) is 53.3 Å². The van der Waals surface area contributed by atoms with E-state index >= 15 is 0 Å². The molecule has 1 aliphatic carbocycles. The summed E-state index contributed by atoms with van der Waals surface area (Å²) in [5.41, 5.74) is 2.93. The molecule has 4 rings (SSSR count). The van der Waals surface area contributed by atoms with Crippen molar-refractivity contribution in [2.24, 2.45) is 0 Å². The quantitative estimate of drug-likeness (QED) is 0.654. The van der Waals surface area contributed by atoms with Crippen LogP contribution in [0, 0.1) is 6.92 Å². The fourth-order valence-electron chi connectivity index (χ4n) is 4.06. The van der Waals surface area contributed by atoms with Gasteiger partial charge >= 0.3 is 0 Å². The first-order valence-corrected chi connectivity index (χ1v) is 9.84. The first-order valence-electron chi connectivity index (χ1n) is 9.84. The fraction of sp³-hybridized carbons (Fsp3) is 0.348. The molecule has 0 radical (unpaired) electrons. The van der Waals surface area contributed by atoms with Crippen LogP contribution in [0.3, 0.4) is 0 Å². The molecule has 28 heavy (non-hydrogen) atoms. The lowest BCUT2D eigenvalue weighted by molar-refractivity contribution is 0.0689. The number of carbonyl (C=O) groups is 1. The summed E-state index contributed by atoms with van der Waals surface area (Å²) >= 11 is 0. The number of hydrogen-bond acceptors (Lipinski definition) is 4. The molecule has 0 atom stereocenters. The molecule has 3 aromatic rings. The van der Waals surface area contributed by atoms with Crippen LogP contribution in [0.2, 0.25) is 0 Å². The lowest BCUT2D eigenvalue weighted by Gasteiger charge is -2.35. The van der Waals surface area contributed by atoms with Crippen molar-refractivity contribution in [3.8, 4) is 11.5 Å². The number of benzene rings is 2. The molecule has 0 saturated heterocycles. The van der Waals surface area contributed by atoms with Crippen molar-refractivity contribution in [3.63, 3.8) is 0 Å². The van der Waals surface area contributed by atoms with Crippen LogP contribution in [-0.2, 0) is 0 Å². The second kappa shape index (κ2) is 7.97. The number of aromatic nitrogens is 2. The summed E-state index contributed by atoms with van der Waals surface area (Å²) in [5, 5.41) is 3.81. The van der Waals surface area contributed by atoms with Crippen LogP contribution in [-0.4, -0.2) is 34.0 Å². The Kier molecular flexibility index (Phi) is 5.24. The van der Waals surface area contributed by atoms with Crippen LogP contribution in [0.4, 0.5) is 0 Å². The van der Waals surface area contributed by atoms with Crippen molar-refractivity contribution in [1.29, 1.82) is 0 Å². The minimum absolute atomic E-state index is 0.0661. The molecule has 0 bridgehead atoms. The maximum atomic E-state index is 12.9. The minimum Gasteiger partial charge on any atom is -0.339 e. The number of rotatable bonds is 4. The number of amides is 1. The molecule has 0 spiro atoms. The van der Waals surface area contributed by atoms with Crippen molar-refractivity contribution in [2.45, 2.75) is 44.6 Å². The van der Waals surface area contributed by atoms with Crippen LogP contribution in [0.5, 0.6) is 0 Å². The average molecular weight is 375 g/mol. The second-order valence-electron chi connectivity index (χ2n) is 7.56. The third-order valence-corrected chi connectivity index (χ3v) is 5.74. The number of aryl methyl sites for hydroxylation is 1. The normalized spacial score (nSPS) is 19.4. The van der Waals surface area contributed by atoms with E-state index < -0.39 is 0 Å². The van der Waals surface area contributed by atoms with Crippen LogP contribution < -0.4 is 0 Å². The topological polar surface area (TPSA) is 59.2 Å². The van der Waals surface area contributed by atoms with Gasteiger partial charge < -0.3 is 9.42 Å². The van der Waals surface area contributed by atoms with Gasteiger partial charge in [0.2, 0.25) is 0 Å². The van der Waals surface area contributed by atoms with E-state index in [2.05, 4.69) is 40.5 Å². The summed E-state index contributed by atoms with van der Waals surface area (Å²) in [7, 11) is 1.92. The molecule has 0 aliphatic heterocycles. The SMILES string of the molecule is Cc1noc(-c2ccc(C(=O)N(C)C3CCC(c4ccccc4)CC3)cc2)n1. The van der Waals surface area contributed by atoms with E-state index in [9.17, 15) is 4.79 Å². The van der Waals surface area contributed by atoms with Gasteiger partial charge in [-0.2, -0.15) is 4.98 Å². The summed E-state index contributed by atoms with van der Waals surface area (Å²) in [4.78, 5) is 19.1. The molecule has 1 fully saturated rings. The molecular formula is C23H25N3O2. The molecule has 1 aromatic heterocycles. The largest absolute Gasteiger partial charge is 0.339 e. The molecule has 1 saturated carbocycles. The number of carbonyl (C=O) groups excluding carboxylic acids is 1. The molecular weight excluding hydrogens is 350 g/mol. The highest BCUT2D eigenvalue weighted by atomic mass is 16.5. The summed E-state index contributed by atoms with van der Waals surface area (Å²) in [5.74, 6) is 1.75. The van der Waals surface area contributed by atoms with Gasteiger partial charge in [0.1, 0.15) is 0 Å². The van der Waals surface area contributed by atoms with Gasteiger partial charge in [0.05, 0.1) is 0 Å². The Balaban J connectivity index is 1.38. The van der Waals surface area contributed by atoms with Gasteiger partial charge in [0.25, 0.3) is 11.8 Å². The predicted molar refractivity (Wildman–Crippen MR) is 108 cm³/mol. The van der Waals surface area contributed by atoms with Gasteiger partial charge in [-0.25, -0.2) is 0 Å². The van der Waals surface area contributed by atoms with E-state index in [-0.39, 0.29) is 5.91 Å². The molecule has 1 aliphatic rings. The van der Waals surface area contributed by atoms with Crippen molar-refractivity contribution in [2.75, 3.05) is 7.05 Å². The Morgan fingerprint density at radius 3 is 2.29 bits per heavy atom.